The molecule has 5 nitrogen and oxygen atoms in total. The molecule has 0 aromatic rings. The highest BCUT2D eigenvalue weighted by atomic mass is 16.6. The third-order valence-electron chi connectivity index (χ3n) is 1.35. The van der Waals surface area contributed by atoms with Crippen molar-refractivity contribution >= 4 is 11.9 Å². The quantitative estimate of drug-likeness (QED) is 0.380. The summed E-state index contributed by atoms with van der Waals surface area (Å²) in [6.45, 7) is 6.70. The average Bonchev–Trinajstić information content (AvgIpc) is 2.23. The van der Waals surface area contributed by atoms with Gasteiger partial charge in [-0.1, -0.05) is 19.2 Å². The van der Waals surface area contributed by atoms with Crippen molar-refractivity contribution in [1.29, 1.82) is 0 Å². The summed E-state index contributed by atoms with van der Waals surface area (Å²) < 4.78 is 9.05. The topological polar surface area (TPSA) is 72.8 Å². The normalized spacial score (nSPS) is 11.3. The fraction of sp³-hybridized carbons (Fsp3) is 0.400. The van der Waals surface area contributed by atoms with Crippen LogP contribution in [0, 0.1) is 0 Å². The maximum Gasteiger partial charge on any atom is 0.308 e. The summed E-state index contributed by atoms with van der Waals surface area (Å²) >= 11 is 0. The Morgan fingerprint density at radius 3 is 2.40 bits per heavy atom. The van der Waals surface area contributed by atoms with Gasteiger partial charge in [-0.15, -0.1) is 0 Å². The van der Waals surface area contributed by atoms with Crippen LogP contribution < -0.4 is 0 Å². The number of hydrogen-bond acceptors (Lipinski definition) is 5. The van der Waals surface area contributed by atoms with Crippen LogP contribution in [0.4, 0.5) is 0 Å². The molecule has 0 saturated heterocycles. The zero-order valence-corrected chi connectivity index (χ0v) is 8.35. The number of ether oxygens (including phenoxy) is 2. The Morgan fingerprint density at radius 2 is 1.87 bits per heavy atom. The van der Waals surface area contributed by atoms with Gasteiger partial charge in [-0.25, -0.2) is 0 Å². The van der Waals surface area contributed by atoms with E-state index in [1.807, 2.05) is 0 Å². The lowest BCUT2D eigenvalue weighted by Gasteiger charge is -2.06. The number of esters is 2. The summed E-state index contributed by atoms with van der Waals surface area (Å²) in [6, 6.07) is 0. The van der Waals surface area contributed by atoms with E-state index in [1.165, 1.54) is 6.08 Å². The van der Waals surface area contributed by atoms with E-state index in [4.69, 9.17) is 5.11 Å². The van der Waals surface area contributed by atoms with E-state index in [1.54, 1.807) is 0 Å². The minimum absolute atomic E-state index is 0.0868. The molecule has 1 atom stereocenters. The second-order valence-corrected chi connectivity index (χ2v) is 2.59. The average molecular weight is 214 g/mol. The monoisotopic (exact) mass is 214 g/mol. The molecular weight excluding hydrogens is 200 g/mol. The minimum atomic E-state index is -1.33. The number of carbonyl (C=O) groups excluding carboxylic acids is 2. The van der Waals surface area contributed by atoms with Crippen molar-refractivity contribution in [1.82, 2.24) is 0 Å². The summed E-state index contributed by atoms with van der Waals surface area (Å²) in [4.78, 5) is 21.8. The third kappa shape index (κ3) is 7.45. The predicted octanol–water partition coefficient (Wildman–Crippen LogP) is 0.543. The van der Waals surface area contributed by atoms with E-state index < -0.39 is 18.2 Å². The molecule has 0 heterocycles. The van der Waals surface area contributed by atoms with Gasteiger partial charge in [0.05, 0.1) is 12.8 Å². The number of hydrogen-bond donors (Lipinski definition) is 1. The van der Waals surface area contributed by atoms with Crippen molar-refractivity contribution in [3.63, 3.8) is 0 Å². The molecule has 0 fully saturated rings. The van der Waals surface area contributed by atoms with E-state index in [0.29, 0.717) is 0 Å². The Balaban J connectivity index is 3.65. The first kappa shape index (κ1) is 13.4. The van der Waals surface area contributed by atoms with E-state index in [2.05, 4.69) is 22.6 Å². The van der Waals surface area contributed by atoms with Gasteiger partial charge in [0.15, 0.2) is 0 Å². The number of aliphatic hydroxyl groups excluding tert-OH is 1. The lowest BCUT2D eigenvalue weighted by atomic mass is 10.3. The molecular formula is C10H14O5. The van der Waals surface area contributed by atoms with Crippen LogP contribution >= 0.6 is 0 Å². The Kier molecular flexibility index (Phi) is 6.92. The van der Waals surface area contributed by atoms with Crippen molar-refractivity contribution in [2.75, 3.05) is 6.61 Å². The van der Waals surface area contributed by atoms with Gasteiger partial charge in [0.1, 0.15) is 6.61 Å². The van der Waals surface area contributed by atoms with Gasteiger partial charge >= 0.3 is 11.9 Å². The molecule has 0 spiro atoms. The summed E-state index contributed by atoms with van der Waals surface area (Å²) in [5, 5.41) is 8.84. The molecule has 0 aromatic heterocycles. The zero-order chi connectivity index (χ0) is 11.7. The van der Waals surface area contributed by atoms with Crippen molar-refractivity contribution in [3.8, 4) is 0 Å². The fourth-order valence-corrected chi connectivity index (χ4v) is 0.670. The van der Waals surface area contributed by atoms with E-state index >= 15 is 0 Å². The lowest BCUT2D eigenvalue weighted by molar-refractivity contribution is -0.162. The Bertz CT molecular complexity index is 246. The molecule has 0 rings (SSSR count). The molecule has 0 radical (unpaired) electrons. The summed E-state index contributed by atoms with van der Waals surface area (Å²) in [5.74, 6) is -1.20. The molecule has 0 amide bonds. The van der Waals surface area contributed by atoms with Gasteiger partial charge in [-0.3, -0.25) is 9.59 Å². The maximum absolute atomic E-state index is 10.9. The van der Waals surface area contributed by atoms with Gasteiger partial charge in [-0.2, -0.15) is 0 Å². The van der Waals surface area contributed by atoms with Gasteiger partial charge in [0.2, 0.25) is 6.29 Å². The van der Waals surface area contributed by atoms with E-state index in [-0.39, 0.29) is 19.4 Å². The molecule has 0 bridgehead atoms. The first-order valence-electron chi connectivity index (χ1n) is 4.36. The largest absolute Gasteiger partial charge is 0.461 e. The second kappa shape index (κ2) is 7.75. The number of rotatable bonds is 7. The Hall–Kier alpha value is -1.62. The van der Waals surface area contributed by atoms with Crippen LogP contribution in [0.15, 0.2) is 25.3 Å². The van der Waals surface area contributed by atoms with Crippen LogP contribution in [-0.4, -0.2) is 29.9 Å². The predicted molar refractivity (Wildman–Crippen MR) is 52.7 cm³/mol. The summed E-state index contributed by atoms with van der Waals surface area (Å²) in [7, 11) is 0. The van der Waals surface area contributed by atoms with E-state index in [9.17, 15) is 9.59 Å². The molecule has 1 N–H and O–H groups in total. The standard InChI is InChI=1S/C10H14O5/c1-3-7-14-9(12)5-6-10(13)15-8(11)4-2/h3-4,8,11H,1-2,5-7H2. The Morgan fingerprint density at radius 1 is 1.27 bits per heavy atom. The first-order chi connectivity index (χ1) is 7.10. The maximum atomic E-state index is 10.9. The van der Waals surface area contributed by atoms with Gasteiger partial charge < -0.3 is 14.6 Å². The third-order valence-corrected chi connectivity index (χ3v) is 1.35. The lowest BCUT2D eigenvalue weighted by Crippen LogP contribution is -2.16. The van der Waals surface area contributed by atoms with Crippen molar-refractivity contribution in [2.24, 2.45) is 0 Å². The molecule has 84 valence electrons. The molecule has 5 heteroatoms. The molecule has 0 aliphatic carbocycles. The van der Waals surface area contributed by atoms with Gasteiger partial charge in [-0.05, 0) is 6.08 Å². The summed E-state index contributed by atoms with van der Waals surface area (Å²) in [6.07, 6.45) is 0.935. The number of aliphatic hydroxyl groups is 1. The zero-order valence-electron chi connectivity index (χ0n) is 8.35. The smallest absolute Gasteiger partial charge is 0.308 e. The van der Waals surface area contributed by atoms with Gasteiger partial charge in [0.25, 0.3) is 0 Å². The molecule has 1 unspecified atom stereocenters. The van der Waals surface area contributed by atoms with Gasteiger partial charge in [0, 0.05) is 0 Å². The van der Waals surface area contributed by atoms with Crippen LogP contribution in [0.25, 0.3) is 0 Å². The SMILES string of the molecule is C=CCOC(=O)CCC(=O)OC(O)C=C. The minimum Gasteiger partial charge on any atom is -0.461 e. The van der Waals surface area contributed by atoms with Crippen molar-refractivity contribution in [3.05, 3.63) is 25.3 Å². The number of carbonyl (C=O) groups is 2. The highest BCUT2D eigenvalue weighted by molar-refractivity contribution is 5.77. The molecule has 0 aliphatic heterocycles. The van der Waals surface area contributed by atoms with Crippen LogP contribution in [0.5, 0.6) is 0 Å². The fourth-order valence-electron chi connectivity index (χ4n) is 0.670. The highest BCUT2D eigenvalue weighted by Crippen LogP contribution is 1.98. The van der Waals surface area contributed by atoms with Crippen LogP contribution in [0.3, 0.4) is 0 Å². The molecule has 0 saturated carbocycles. The van der Waals surface area contributed by atoms with E-state index in [0.717, 1.165) is 6.08 Å². The van der Waals surface area contributed by atoms with Crippen molar-refractivity contribution < 1.29 is 24.2 Å². The first-order valence-corrected chi connectivity index (χ1v) is 4.36. The van der Waals surface area contributed by atoms with Crippen LogP contribution in [0.2, 0.25) is 0 Å². The van der Waals surface area contributed by atoms with Crippen LogP contribution in [-0.2, 0) is 19.1 Å². The Labute approximate surface area is 88.0 Å². The second-order valence-electron chi connectivity index (χ2n) is 2.59. The molecule has 15 heavy (non-hydrogen) atoms. The summed E-state index contributed by atoms with van der Waals surface area (Å²) in [5.41, 5.74) is 0. The molecule has 0 aromatic carbocycles. The highest BCUT2D eigenvalue weighted by Gasteiger charge is 2.10. The van der Waals surface area contributed by atoms with Crippen LogP contribution in [0.1, 0.15) is 12.8 Å². The van der Waals surface area contributed by atoms with Crippen molar-refractivity contribution in [2.45, 2.75) is 19.1 Å². The molecule has 0 aliphatic rings.